The minimum Gasteiger partial charge on any atom is -0.395 e. The van der Waals surface area contributed by atoms with Gasteiger partial charge >= 0.3 is 0 Å². The van der Waals surface area contributed by atoms with Crippen LogP contribution in [-0.2, 0) is 0 Å². The third-order valence-electron chi connectivity index (χ3n) is 3.25. The lowest BCUT2D eigenvalue weighted by molar-refractivity contribution is 0.123. The highest BCUT2D eigenvalue weighted by Gasteiger charge is 2.14. The SMILES string of the molecule is NC1CCC(O)CC1.NCCCN(CCO)CCO. The number of rotatable bonds is 7. The zero-order valence-electron chi connectivity index (χ0n) is 11.9. The van der Waals surface area contributed by atoms with Crippen LogP contribution in [0, 0.1) is 0 Å². The van der Waals surface area contributed by atoms with E-state index in [0.29, 0.717) is 25.7 Å². The van der Waals surface area contributed by atoms with Gasteiger partial charge < -0.3 is 26.8 Å². The first-order valence-electron chi connectivity index (χ1n) is 7.21. The van der Waals surface area contributed by atoms with Gasteiger partial charge in [-0.3, -0.25) is 4.90 Å². The van der Waals surface area contributed by atoms with E-state index in [4.69, 9.17) is 26.8 Å². The average Bonchev–Trinajstić information content (AvgIpc) is 2.41. The van der Waals surface area contributed by atoms with Crippen molar-refractivity contribution in [2.45, 2.75) is 44.2 Å². The number of hydrogen-bond acceptors (Lipinski definition) is 6. The molecule has 0 spiro atoms. The Morgan fingerprint density at radius 1 is 0.947 bits per heavy atom. The van der Waals surface area contributed by atoms with E-state index in [-0.39, 0.29) is 19.3 Å². The highest BCUT2D eigenvalue weighted by Crippen LogP contribution is 2.15. The minimum absolute atomic E-state index is 0.0604. The normalized spacial score (nSPS) is 23.1. The summed E-state index contributed by atoms with van der Waals surface area (Å²) in [5, 5.41) is 26.2. The van der Waals surface area contributed by atoms with Crippen molar-refractivity contribution in [2.75, 3.05) is 39.4 Å². The lowest BCUT2D eigenvalue weighted by Crippen LogP contribution is -2.31. The van der Waals surface area contributed by atoms with Crippen molar-refractivity contribution < 1.29 is 15.3 Å². The van der Waals surface area contributed by atoms with Crippen LogP contribution in [0.15, 0.2) is 0 Å². The van der Waals surface area contributed by atoms with Crippen LogP contribution in [0.4, 0.5) is 0 Å². The second-order valence-corrected chi connectivity index (χ2v) is 5.00. The van der Waals surface area contributed by atoms with Gasteiger partial charge in [0.05, 0.1) is 19.3 Å². The van der Waals surface area contributed by atoms with Crippen molar-refractivity contribution in [3.05, 3.63) is 0 Å². The molecule has 1 rings (SSSR count). The second kappa shape index (κ2) is 12.8. The van der Waals surface area contributed by atoms with Gasteiger partial charge in [0.2, 0.25) is 0 Å². The molecule has 7 N–H and O–H groups in total. The maximum atomic E-state index is 8.97. The van der Waals surface area contributed by atoms with Crippen molar-refractivity contribution in [2.24, 2.45) is 11.5 Å². The fraction of sp³-hybridized carbons (Fsp3) is 1.00. The van der Waals surface area contributed by atoms with E-state index in [2.05, 4.69) is 0 Å². The fourth-order valence-corrected chi connectivity index (χ4v) is 2.03. The molecule has 0 saturated heterocycles. The summed E-state index contributed by atoms with van der Waals surface area (Å²) in [5.41, 5.74) is 10.9. The quantitative estimate of drug-likeness (QED) is 0.402. The maximum Gasteiger partial charge on any atom is 0.0558 e. The molecule has 0 aromatic heterocycles. The smallest absolute Gasteiger partial charge is 0.0558 e. The Balaban J connectivity index is 0.000000356. The van der Waals surface area contributed by atoms with Crippen molar-refractivity contribution in [3.8, 4) is 0 Å². The summed E-state index contributed by atoms with van der Waals surface area (Å²) in [7, 11) is 0. The van der Waals surface area contributed by atoms with E-state index < -0.39 is 0 Å². The Hall–Kier alpha value is -0.240. The highest BCUT2D eigenvalue weighted by molar-refractivity contribution is 4.72. The summed E-state index contributed by atoms with van der Waals surface area (Å²) < 4.78 is 0. The van der Waals surface area contributed by atoms with Gasteiger partial charge in [-0.15, -0.1) is 0 Å². The number of nitrogens with two attached hydrogens (primary N) is 2. The van der Waals surface area contributed by atoms with Crippen LogP contribution in [0.5, 0.6) is 0 Å². The Kier molecular flexibility index (Phi) is 12.6. The zero-order chi connectivity index (χ0) is 14.5. The van der Waals surface area contributed by atoms with Gasteiger partial charge in [0, 0.05) is 19.1 Å². The van der Waals surface area contributed by atoms with E-state index in [1.165, 1.54) is 0 Å². The van der Waals surface area contributed by atoms with Crippen LogP contribution in [-0.4, -0.2) is 71.8 Å². The molecule has 19 heavy (non-hydrogen) atoms. The molecule has 0 aromatic carbocycles. The van der Waals surface area contributed by atoms with E-state index in [0.717, 1.165) is 38.6 Å². The lowest BCUT2D eigenvalue weighted by atomic mass is 9.94. The van der Waals surface area contributed by atoms with Gasteiger partial charge in [0.1, 0.15) is 0 Å². The lowest BCUT2D eigenvalue weighted by Gasteiger charge is -2.21. The van der Waals surface area contributed by atoms with E-state index in [1.807, 2.05) is 4.90 Å². The van der Waals surface area contributed by atoms with Gasteiger partial charge in [-0.25, -0.2) is 0 Å². The molecule has 0 unspecified atom stereocenters. The van der Waals surface area contributed by atoms with E-state index in [1.54, 1.807) is 0 Å². The first kappa shape index (κ1) is 18.8. The molecule has 0 aliphatic heterocycles. The molecular formula is C13H31N3O3. The fourth-order valence-electron chi connectivity index (χ4n) is 2.03. The molecule has 6 nitrogen and oxygen atoms in total. The van der Waals surface area contributed by atoms with Gasteiger partial charge in [0.25, 0.3) is 0 Å². The summed E-state index contributed by atoms with van der Waals surface area (Å²) >= 11 is 0. The van der Waals surface area contributed by atoms with Gasteiger partial charge in [-0.05, 0) is 45.2 Å². The van der Waals surface area contributed by atoms with Crippen molar-refractivity contribution >= 4 is 0 Å². The van der Waals surface area contributed by atoms with Gasteiger partial charge in [-0.1, -0.05) is 0 Å². The van der Waals surface area contributed by atoms with Crippen LogP contribution in [0.2, 0.25) is 0 Å². The highest BCUT2D eigenvalue weighted by atomic mass is 16.3. The minimum atomic E-state index is -0.0604. The number of aliphatic hydroxyl groups is 3. The topological polar surface area (TPSA) is 116 Å². The zero-order valence-corrected chi connectivity index (χ0v) is 11.9. The second-order valence-electron chi connectivity index (χ2n) is 5.00. The summed E-state index contributed by atoms with van der Waals surface area (Å²) in [4.78, 5) is 1.99. The maximum absolute atomic E-state index is 8.97. The first-order valence-corrected chi connectivity index (χ1v) is 7.21. The van der Waals surface area contributed by atoms with Crippen LogP contribution in [0.1, 0.15) is 32.1 Å². The molecule has 0 radical (unpaired) electrons. The predicted octanol–water partition coefficient (Wildman–Crippen LogP) is -1.13. The summed E-state index contributed by atoms with van der Waals surface area (Å²) in [6.45, 7) is 3.06. The van der Waals surface area contributed by atoms with Crippen molar-refractivity contribution in [1.82, 2.24) is 4.90 Å². The molecule has 6 heteroatoms. The van der Waals surface area contributed by atoms with Crippen molar-refractivity contribution in [3.63, 3.8) is 0 Å². The number of nitrogens with zero attached hydrogens (tertiary/aromatic N) is 1. The van der Waals surface area contributed by atoms with Crippen molar-refractivity contribution in [1.29, 1.82) is 0 Å². The third-order valence-corrected chi connectivity index (χ3v) is 3.25. The summed E-state index contributed by atoms with van der Waals surface area (Å²) in [5.74, 6) is 0. The molecule has 116 valence electrons. The molecule has 0 aromatic rings. The van der Waals surface area contributed by atoms with Crippen LogP contribution in [0.3, 0.4) is 0 Å². The van der Waals surface area contributed by atoms with E-state index in [9.17, 15) is 0 Å². The van der Waals surface area contributed by atoms with Crippen LogP contribution in [0.25, 0.3) is 0 Å². The third kappa shape index (κ3) is 11.3. The Morgan fingerprint density at radius 3 is 1.84 bits per heavy atom. The molecule has 0 atom stereocenters. The molecule has 0 heterocycles. The van der Waals surface area contributed by atoms with E-state index >= 15 is 0 Å². The van der Waals surface area contributed by atoms with Crippen LogP contribution < -0.4 is 11.5 Å². The summed E-state index contributed by atoms with van der Waals surface area (Å²) in [6.07, 6.45) is 4.67. The molecular weight excluding hydrogens is 246 g/mol. The predicted molar refractivity (Wildman–Crippen MR) is 76.7 cm³/mol. The molecule has 0 amide bonds. The van der Waals surface area contributed by atoms with Gasteiger partial charge in [-0.2, -0.15) is 0 Å². The molecule has 0 bridgehead atoms. The Bertz CT molecular complexity index is 172. The molecule has 1 aliphatic rings. The molecule has 1 fully saturated rings. The molecule has 1 aliphatic carbocycles. The number of hydrogen-bond donors (Lipinski definition) is 5. The van der Waals surface area contributed by atoms with Gasteiger partial charge in [0.15, 0.2) is 0 Å². The monoisotopic (exact) mass is 277 g/mol. The largest absolute Gasteiger partial charge is 0.395 e. The standard InChI is InChI=1S/C7H18N2O2.C6H13NO/c8-2-1-3-9(4-6-10)5-7-11;7-5-1-3-6(8)4-2-5/h10-11H,1-8H2;5-6,8H,1-4,7H2. The average molecular weight is 277 g/mol. The molecule has 1 saturated carbocycles. The Labute approximate surface area is 116 Å². The number of aliphatic hydroxyl groups excluding tert-OH is 3. The summed E-state index contributed by atoms with van der Waals surface area (Å²) in [6, 6.07) is 0.360. The Morgan fingerprint density at radius 2 is 1.47 bits per heavy atom. The first-order chi connectivity index (χ1) is 9.13. The van der Waals surface area contributed by atoms with Crippen LogP contribution >= 0.6 is 0 Å².